The second-order valence-electron chi connectivity index (χ2n) is 7.39. The highest BCUT2D eigenvalue weighted by Crippen LogP contribution is 2.36. The lowest BCUT2D eigenvalue weighted by molar-refractivity contribution is 0.110. The van der Waals surface area contributed by atoms with Crippen LogP contribution < -0.4 is 5.32 Å². The van der Waals surface area contributed by atoms with Gasteiger partial charge in [-0.3, -0.25) is 0 Å². The molecule has 2 heteroatoms. The van der Waals surface area contributed by atoms with Crippen LogP contribution in [0.4, 0.5) is 0 Å². The van der Waals surface area contributed by atoms with Crippen LogP contribution in [0, 0.1) is 10.8 Å². The number of hydrogen-bond donors (Lipinski definition) is 2. The molecule has 0 heterocycles. The first-order valence-corrected chi connectivity index (χ1v) is 7.14. The van der Waals surface area contributed by atoms with Crippen LogP contribution in [0.5, 0.6) is 0 Å². The van der Waals surface area contributed by atoms with Crippen LogP contribution in [-0.2, 0) is 0 Å². The molecule has 0 amide bonds. The molecule has 1 aliphatic carbocycles. The highest BCUT2D eigenvalue weighted by molar-refractivity contribution is 4.89. The van der Waals surface area contributed by atoms with Gasteiger partial charge in [0.2, 0.25) is 0 Å². The van der Waals surface area contributed by atoms with Gasteiger partial charge in [-0.25, -0.2) is 0 Å². The van der Waals surface area contributed by atoms with Crippen LogP contribution in [0.3, 0.4) is 0 Å². The molecule has 0 spiro atoms. The molecular weight excluding hydrogens is 210 g/mol. The second kappa shape index (κ2) is 5.71. The molecule has 1 rings (SSSR count). The van der Waals surface area contributed by atoms with Crippen molar-refractivity contribution in [2.75, 3.05) is 6.54 Å². The third-order valence-corrected chi connectivity index (χ3v) is 4.18. The first-order valence-electron chi connectivity index (χ1n) is 7.14. The van der Waals surface area contributed by atoms with E-state index in [0.717, 1.165) is 13.0 Å². The van der Waals surface area contributed by atoms with E-state index in [2.05, 4.69) is 33.0 Å². The van der Waals surface area contributed by atoms with Gasteiger partial charge in [0.15, 0.2) is 0 Å². The van der Waals surface area contributed by atoms with E-state index in [1.54, 1.807) is 0 Å². The Kier molecular flexibility index (Phi) is 5.03. The maximum atomic E-state index is 9.50. The molecule has 0 bridgehead atoms. The molecule has 2 atom stereocenters. The first kappa shape index (κ1) is 15.0. The summed E-state index contributed by atoms with van der Waals surface area (Å²) in [5.74, 6) is 0. The van der Waals surface area contributed by atoms with Gasteiger partial charge in [-0.1, -0.05) is 40.5 Å². The van der Waals surface area contributed by atoms with Crippen molar-refractivity contribution < 1.29 is 5.11 Å². The van der Waals surface area contributed by atoms with Crippen LogP contribution in [-0.4, -0.2) is 23.8 Å². The van der Waals surface area contributed by atoms with Gasteiger partial charge in [0.25, 0.3) is 0 Å². The Hall–Kier alpha value is -0.0800. The quantitative estimate of drug-likeness (QED) is 0.773. The Balaban J connectivity index is 2.43. The van der Waals surface area contributed by atoms with Gasteiger partial charge in [-0.2, -0.15) is 0 Å². The highest BCUT2D eigenvalue weighted by atomic mass is 16.3. The van der Waals surface area contributed by atoms with Crippen molar-refractivity contribution in [2.45, 2.75) is 78.9 Å². The molecule has 17 heavy (non-hydrogen) atoms. The average Bonchev–Trinajstić information content (AvgIpc) is 2.13. The van der Waals surface area contributed by atoms with Gasteiger partial charge in [-0.15, -0.1) is 0 Å². The Bertz CT molecular complexity index is 233. The van der Waals surface area contributed by atoms with Crippen LogP contribution in [0.25, 0.3) is 0 Å². The summed E-state index contributed by atoms with van der Waals surface area (Å²) in [7, 11) is 0. The Labute approximate surface area is 107 Å². The average molecular weight is 241 g/mol. The number of aliphatic hydroxyl groups is 1. The van der Waals surface area contributed by atoms with Crippen molar-refractivity contribution >= 4 is 0 Å². The normalized spacial score (nSPS) is 26.8. The van der Waals surface area contributed by atoms with Crippen molar-refractivity contribution in [1.29, 1.82) is 0 Å². The van der Waals surface area contributed by atoms with Crippen molar-refractivity contribution in [3.05, 3.63) is 0 Å². The molecule has 0 aliphatic heterocycles. The molecule has 0 saturated heterocycles. The Morgan fingerprint density at radius 1 is 1.35 bits per heavy atom. The van der Waals surface area contributed by atoms with Gasteiger partial charge in [0, 0.05) is 12.6 Å². The van der Waals surface area contributed by atoms with Crippen molar-refractivity contribution in [3.63, 3.8) is 0 Å². The SMILES string of the molecule is CC(O)CC(C)(C)CNC1CCCCC1(C)C. The lowest BCUT2D eigenvalue weighted by Crippen LogP contribution is -2.47. The maximum Gasteiger partial charge on any atom is 0.0517 e. The fourth-order valence-electron chi connectivity index (χ4n) is 3.14. The molecule has 102 valence electrons. The largest absolute Gasteiger partial charge is 0.393 e. The first-order chi connectivity index (χ1) is 7.73. The topological polar surface area (TPSA) is 32.3 Å². The molecule has 0 aromatic heterocycles. The van der Waals surface area contributed by atoms with Gasteiger partial charge >= 0.3 is 0 Å². The highest BCUT2D eigenvalue weighted by Gasteiger charge is 2.33. The van der Waals surface area contributed by atoms with E-state index in [9.17, 15) is 5.11 Å². The third-order valence-electron chi connectivity index (χ3n) is 4.18. The lowest BCUT2D eigenvalue weighted by Gasteiger charge is -2.41. The summed E-state index contributed by atoms with van der Waals surface area (Å²) in [4.78, 5) is 0. The number of nitrogens with one attached hydrogen (secondary N) is 1. The third kappa shape index (κ3) is 4.97. The summed E-state index contributed by atoms with van der Waals surface area (Å²) < 4.78 is 0. The number of aliphatic hydroxyl groups excluding tert-OH is 1. The van der Waals surface area contributed by atoms with Crippen LogP contribution in [0.15, 0.2) is 0 Å². The Morgan fingerprint density at radius 3 is 2.53 bits per heavy atom. The summed E-state index contributed by atoms with van der Waals surface area (Å²) in [6.07, 6.45) is 6.04. The summed E-state index contributed by atoms with van der Waals surface area (Å²) in [5, 5.41) is 13.2. The van der Waals surface area contributed by atoms with E-state index in [1.807, 2.05) is 6.92 Å². The fraction of sp³-hybridized carbons (Fsp3) is 1.00. The molecule has 0 aromatic carbocycles. The van der Waals surface area contributed by atoms with E-state index in [-0.39, 0.29) is 11.5 Å². The van der Waals surface area contributed by atoms with Gasteiger partial charge in [0.1, 0.15) is 0 Å². The predicted octanol–water partition coefficient (Wildman–Crippen LogP) is 3.34. The second-order valence-corrected chi connectivity index (χ2v) is 7.39. The minimum absolute atomic E-state index is 0.182. The molecule has 1 saturated carbocycles. The van der Waals surface area contributed by atoms with E-state index in [0.29, 0.717) is 11.5 Å². The van der Waals surface area contributed by atoms with Crippen molar-refractivity contribution in [2.24, 2.45) is 10.8 Å². The van der Waals surface area contributed by atoms with Crippen molar-refractivity contribution in [1.82, 2.24) is 5.32 Å². The zero-order valence-corrected chi connectivity index (χ0v) is 12.3. The van der Waals surface area contributed by atoms with Gasteiger partial charge in [-0.05, 0) is 37.0 Å². The molecule has 0 radical (unpaired) electrons. The summed E-state index contributed by atoms with van der Waals surface area (Å²) >= 11 is 0. The molecule has 2 N–H and O–H groups in total. The minimum atomic E-state index is -0.203. The van der Waals surface area contributed by atoms with Crippen molar-refractivity contribution in [3.8, 4) is 0 Å². The monoisotopic (exact) mass is 241 g/mol. The fourth-order valence-corrected chi connectivity index (χ4v) is 3.14. The van der Waals surface area contributed by atoms with E-state index < -0.39 is 0 Å². The number of hydrogen-bond acceptors (Lipinski definition) is 2. The van der Waals surface area contributed by atoms with E-state index >= 15 is 0 Å². The van der Waals surface area contributed by atoms with E-state index in [4.69, 9.17) is 0 Å². The van der Waals surface area contributed by atoms with E-state index in [1.165, 1.54) is 25.7 Å². The minimum Gasteiger partial charge on any atom is -0.393 e. The standard InChI is InChI=1S/C15H31NO/c1-12(17)10-14(2,3)11-16-13-8-6-7-9-15(13,4)5/h12-13,16-17H,6-11H2,1-5H3. The number of rotatable bonds is 5. The molecular formula is C15H31NO. The van der Waals surface area contributed by atoms with Crippen LogP contribution >= 0.6 is 0 Å². The zero-order chi connectivity index (χ0) is 13.1. The summed E-state index contributed by atoms with van der Waals surface area (Å²) in [5.41, 5.74) is 0.612. The zero-order valence-electron chi connectivity index (χ0n) is 12.3. The molecule has 2 unspecified atom stereocenters. The smallest absolute Gasteiger partial charge is 0.0517 e. The van der Waals surface area contributed by atoms with Gasteiger partial charge in [0.05, 0.1) is 6.10 Å². The molecule has 1 fully saturated rings. The van der Waals surface area contributed by atoms with Crippen LogP contribution in [0.1, 0.15) is 66.7 Å². The summed E-state index contributed by atoms with van der Waals surface area (Å²) in [6.45, 7) is 12.1. The molecule has 1 aliphatic rings. The Morgan fingerprint density at radius 2 is 2.00 bits per heavy atom. The predicted molar refractivity (Wildman–Crippen MR) is 74.1 cm³/mol. The van der Waals surface area contributed by atoms with Crippen LogP contribution in [0.2, 0.25) is 0 Å². The molecule has 0 aromatic rings. The lowest BCUT2D eigenvalue weighted by atomic mass is 9.73. The van der Waals surface area contributed by atoms with Gasteiger partial charge < -0.3 is 10.4 Å². The molecule has 2 nitrogen and oxygen atoms in total. The summed E-state index contributed by atoms with van der Waals surface area (Å²) in [6, 6.07) is 0.643. The maximum absolute atomic E-state index is 9.50.